The maximum atomic E-state index is 10.0. The molecular formula is C133H77N13. The normalized spacial score (nSPS) is 11.2. The maximum Gasteiger partial charge on any atom is 0.101 e. The summed E-state index contributed by atoms with van der Waals surface area (Å²) in [6.07, 6.45) is 0. The summed E-state index contributed by atoms with van der Waals surface area (Å²) in [5, 5.41) is 81.1. The largest absolute Gasteiger partial charge is 0.309 e. The molecule has 13 nitrogen and oxygen atoms in total. The summed E-state index contributed by atoms with van der Waals surface area (Å²) < 4.78 is 13.6. The molecule has 0 amide bonds. The van der Waals surface area contributed by atoms with E-state index in [-0.39, 0.29) is 0 Å². The molecule has 27 rings (SSSR count). The lowest BCUT2D eigenvalue weighted by molar-refractivity contribution is 1.17. The van der Waals surface area contributed by atoms with Gasteiger partial charge in [0.2, 0.25) is 0 Å². The highest BCUT2D eigenvalue weighted by Gasteiger charge is 2.27. The second kappa shape index (κ2) is 36.0. The third-order valence-corrected chi connectivity index (χ3v) is 28.4. The molecule has 0 radical (unpaired) electrons. The highest BCUT2D eigenvalue weighted by Crippen LogP contribution is 2.49. The second-order valence-electron chi connectivity index (χ2n) is 36.3. The van der Waals surface area contributed by atoms with E-state index in [1.54, 1.807) is 6.07 Å². The van der Waals surface area contributed by atoms with Gasteiger partial charge in [0, 0.05) is 92.7 Å². The van der Waals surface area contributed by atoms with Gasteiger partial charge >= 0.3 is 0 Å². The van der Waals surface area contributed by atoms with E-state index in [9.17, 15) is 36.8 Å². The predicted molar refractivity (Wildman–Crippen MR) is 591 cm³/mol. The summed E-state index contributed by atoms with van der Waals surface area (Å²) in [5.74, 6) is 0. The number of benzene rings is 21. The van der Waals surface area contributed by atoms with Gasteiger partial charge in [-0.3, -0.25) is 0 Å². The van der Waals surface area contributed by atoms with Gasteiger partial charge in [0.15, 0.2) is 0 Å². The molecule has 13 heteroatoms. The molecule has 0 aliphatic heterocycles. The third kappa shape index (κ3) is 14.3. The minimum absolute atomic E-state index is 0.587. The van der Waals surface area contributed by atoms with Gasteiger partial charge in [0.25, 0.3) is 0 Å². The zero-order valence-corrected chi connectivity index (χ0v) is 78.3. The monoisotopic (exact) mass is 1860 g/mol. The zero-order valence-electron chi connectivity index (χ0n) is 78.3. The van der Waals surface area contributed by atoms with Gasteiger partial charge in [-0.25, -0.2) is 0 Å². The molecule has 0 saturated carbocycles. The van der Waals surface area contributed by atoms with Crippen molar-refractivity contribution in [1.82, 2.24) is 27.4 Å². The van der Waals surface area contributed by atoms with E-state index < -0.39 is 0 Å². The number of aromatic nitrogens is 6. The van der Waals surface area contributed by atoms with Crippen LogP contribution in [0.5, 0.6) is 0 Å². The molecule has 0 atom stereocenters. The molecule has 21 aromatic carbocycles. The van der Waals surface area contributed by atoms with Crippen molar-refractivity contribution >= 4 is 131 Å². The van der Waals surface area contributed by atoms with Crippen LogP contribution in [0.3, 0.4) is 0 Å². The van der Waals surface area contributed by atoms with Crippen LogP contribution in [0.1, 0.15) is 38.9 Å². The van der Waals surface area contributed by atoms with Crippen molar-refractivity contribution < 1.29 is 0 Å². The molecular weight excluding hydrogens is 1780 g/mol. The van der Waals surface area contributed by atoms with Crippen molar-refractivity contribution in [3.63, 3.8) is 0 Å². The van der Waals surface area contributed by atoms with E-state index in [0.717, 1.165) is 193 Å². The summed E-state index contributed by atoms with van der Waals surface area (Å²) in [6.45, 7) is 0. The number of hydrogen-bond acceptors (Lipinski definition) is 7. The molecule has 674 valence electrons. The first kappa shape index (κ1) is 86.4. The average Bonchev–Trinajstić information content (AvgIpc) is 1.59. The Morgan fingerprint density at radius 2 is 0.397 bits per heavy atom. The minimum Gasteiger partial charge on any atom is -0.309 e. The molecule has 0 bridgehead atoms. The fourth-order valence-electron chi connectivity index (χ4n) is 22.1. The Morgan fingerprint density at radius 1 is 0.137 bits per heavy atom. The van der Waals surface area contributed by atoms with Gasteiger partial charge in [0.05, 0.1) is 164 Å². The summed E-state index contributed by atoms with van der Waals surface area (Å²) >= 11 is 0. The number of nitrogens with zero attached hydrogens (tertiary/aromatic N) is 13. The molecule has 0 fully saturated rings. The van der Waals surface area contributed by atoms with Crippen molar-refractivity contribution in [3.05, 3.63) is 506 Å². The lowest BCUT2D eigenvalue weighted by Gasteiger charge is -2.17. The summed E-state index contributed by atoms with van der Waals surface area (Å²) in [7, 11) is 0. The van der Waals surface area contributed by atoms with Crippen LogP contribution >= 0.6 is 0 Å². The van der Waals surface area contributed by atoms with E-state index in [1.165, 1.54) is 38.3 Å². The molecule has 6 heterocycles. The Kier molecular flexibility index (Phi) is 21.3. The zero-order chi connectivity index (χ0) is 98.2. The Bertz CT molecular complexity index is 10400. The number of hydrogen-bond donors (Lipinski definition) is 0. The lowest BCUT2D eigenvalue weighted by atomic mass is 9.91. The molecule has 0 aliphatic rings. The van der Waals surface area contributed by atoms with Crippen molar-refractivity contribution in [2.24, 2.45) is 0 Å². The van der Waals surface area contributed by atoms with Gasteiger partial charge in [-0.15, -0.1) is 0 Å². The molecule has 146 heavy (non-hydrogen) atoms. The SMILES string of the molecule is N#Cc1ccc(-n2c3ccc(C#N)cc3c3cc(-c4ccccc4-c4ccccc4-n4c5ccccc5c5cc(C#N)ccc54)ccc32)cc1.N#Cc1cccc(-n2c3ccc(C#N)cc3c3cc(-c4ccccc4-c4ccccc4-n4c5ccccc5c5cc(C#N)ccc54)ccc32)c1.N#Cc1ccccc1-n1c2ccccc2c2c(-c3ccccc3-c3ccccc3-n3c4ccccc4c4ccccc43)cccc21. The van der Waals surface area contributed by atoms with Crippen LogP contribution in [0.2, 0.25) is 0 Å². The highest BCUT2D eigenvalue weighted by atomic mass is 15.0. The maximum absolute atomic E-state index is 10.0. The molecule has 0 saturated heterocycles. The van der Waals surface area contributed by atoms with Gasteiger partial charge in [-0.05, 0) is 256 Å². The summed E-state index contributed by atoms with van der Waals surface area (Å²) in [4.78, 5) is 0. The first-order valence-electron chi connectivity index (χ1n) is 48.1. The molecule has 0 N–H and O–H groups in total. The van der Waals surface area contributed by atoms with Crippen LogP contribution < -0.4 is 0 Å². The van der Waals surface area contributed by atoms with Gasteiger partial charge in [0.1, 0.15) is 6.07 Å². The van der Waals surface area contributed by atoms with Gasteiger partial charge < -0.3 is 27.4 Å². The molecule has 0 aliphatic carbocycles. The van der Waals surface area contributed by atoms with Crippen LogP contribution in [0.15, 0.2) is 467 Å². The van der Waals surface area contributed by atoms with E-state index in [0.29, 0.717) is 38.9 Å². The fraction of sp³-hybridized carbons (Fsp3) is 0. The van der Waals surface area contributed by atoms with E-state index >= 15 is 0 Å². The highest BCUT2D eigenvalue weighted by molar-refractivity contribution is 6.20. The number of nitriles is 7. The predicted octanol–water partition coefficient (Wildman–Crippen LogP) is 32.7. The Morgan fingerprint density at radius 3 is 0.808 bits per heavy atom. The van der Waals surface area contributed by atoms with Crippen molar-refractivity contribution in [3.8, 4) is 143 Å². The fourth-order valence-corrected chi connectivity index (χ4v) is 22.1. The third-order valence-electron chi connectivity index (χ3n) is 28.4. The van der Waals surface area contributed by atoms with Crippen LogP contribution in [0.25, 0.3) is 232 Å². The minimum atomic E-state index is 0.587. The number of fused-ring (bicyclic) bond motifs is 18. The smallest absolute Gasteiger partial charge is 0.101 e. The first-order valence-corrected chi connectivity index (χ1v) is 48.1. The van der Waals surface area contributed by atoms with Gasteiger partial charge in [-0.1, -0.05) is 261 Å². The van der Waals surface area contributed by atoms with Crippen LogP contribution in [-0.2, 0) is 0 Å². The number of rotatable bonds is 12. The van der Waals surface area contributed by atoms with Crippen LogP contribution in [0, 0.1) is 79.3 Å². The first-order chi connectivity index (χ1) is 72.2. The standard InChI is InChI=1S/2C45H25N5.C43H27N3/c46-26-29-8-7-9-33(22-29)49-43-19-16-31(28-48)24-39(43)40-25-32(18-21-44(40)49)34-10-1-2-11-35(34)36-12-3-5-14-41(36)50-42-15-6-4-13-37(42)38-23-30(27-47)17-20-45(38)50;46-26-29-13-18-33(19-14-29)49-43-20-15-31(28-48)24-39(43)40-25-32(17-22-44(40)49)34-7-1-2-8-35(34)36-9-3-5-11-41(36)50-42-12-6-4-10-37(42)38-23-30(27-47)16-21-45(38)50;44-28-29-14-1-8-22-37(29)45-41-26-12-7-20-36(41)43-35(21-13-27-42(43)45)31-16-3-2-15-30(31)32-17-4-9-23-38(32)46-39-24-10-5-18-33(39)34-19-6-11-25-40(34)46/h2*1-25H;1-27H. The van der Waals surface area contributed by atoms with Crippen molar-refractivity contribution in [2.75, 3.05) is 0 Å². The molecule has 27 aromatic rings. The van der Waals surface area contributed by atoms with E-state index in [4.69, 9.17) is 0 Å². The Labute approximate surface area is 838 Å². The van der Waals surface area contributed by atoms with E-state index in [1.807, 2.05) is 152 Å². The molecule has 0 spiro atoms. The van der Waals surface area contributed by atoms with Crippen molar-refractivity contribution in [1.29, 1.82) is 36.8 Å². The number of para-hydroxylation sites is 9. The van der Waals surface area contributed by atoms with Crippen LogP contribution in [-0.4, -0.2) is 27.4 Å². The summed E-state index contributed by atoms with van der Waals surface area (Å²) in [5.41, 5.74) is 36.3. The van der Waals surface area contributed by atoms with Crippen LogP contribution in [0.4, 0.5) is 0 Å². The molecule has 6 aromatic heterocycles. The molecule has 0 unspecified atom stereocenters. The Balaban J connectivity index is 0.000000114. The second-order valence-corrected chi connectivity index (χ2v) is 36.3. The Hall–Kier alpha value is -21.1. The topological polar surface area (TPSA) is 196 Å². The summed E-state index contributed by atoms with van der Waals surface area (Å²) in [6, 6.07) is 176. The van der Waals surface area contributed by atoms with Crippen molar-refractivity contribution in [2.45, 2.75) is 0 Å². The lowest BCUT2D eigenvalue weighted by Crippen LogP contribution is -1.98. The average molecular weight is 1860 g/mol. The quantitative estimate of drug-likeness (QED) is 0.116. The van der Waals surface area contributed by atoms with Gasteiger partial charge in [-0.2, -0.15) is 36.8 Å². The van der Waals surface area contributed by atoms with E-state index in [2.05, 4.69) is 379 Å².